The van der Waals surface area contributed by atoms with Crippen molar-refractivity contribution in [2.24, 2.45) is 0 Å². The summed E-state index contributed by atoms with van der Waals surface area (Å²) in [6.45, 7) is 1.06. The standard InChI is InChI=1S/C16H18ClN3O4/c17-12-3-2-10(20-7-6-18-15(20)24)8-11(12)14(23)19-16(4-1-5-16)9-13(21)22/h2-3,8H,1,4-7,9H2,(H,18,24)(H,19,23)(H,21,22). The maximum absolute atomic E-state index is 12.6. The normalized spacial score (nSPS) is 18.7. The van der Waals surface area contributed by atoms with Gasteiger partial charge in [-0.1, -0.05) is 11.6 Å². The van der Waals surface area contributed by atoms with Gasteiger partial charge in [-0.15, -0.1) is 0 Å². The SMILES string of the molecule is O=C(O)CC1(NC(=O)c2cc(N3CCNC3=O)ccc2Cl)CCC1. The third-order valence-corrected chi connectivity index (χ3v) is 4.87. The van der Waals surface area contributed by atoms with Crippen LogP contribution in [0, 0.1) is 0 Å². The van der Waals surface area contributed by atoms with Crippen LogP contribution in [0.3, 0.4) is 0 Å². The fourth-order valence-corrected chi connectivity index (χ4v) is 3.32. The molecule has 0 atom stereocenters. The maximum atomic E-state index is 12.6. The van der Waals surface area contributed by atoms with E-state index in [4.69, 9.17) is 16.7 Å². The number of hydrogen-bond donors (Lipinski definition) is 3. The Morgan fingerprint density at radius 2 is 2.12 bits per heavy atom. The summed E-state index contributed by atoms with van der Waals surface area (Å²) < 4.78 is 0. The third-order valence-electron chi connectivity index (χ3n) is 4.54. The zero-order chi connectivity index (χ0) is 17.3. The van der Waals surface area contributed by atoms with Crippen LogP contribution in [0.15, 0.2) is 18.2 Å². The Morgan fingerprint density at radius 3 is 2.67 bits per heavy atom. The smallest absolute Gasteiger partial charge is 0.321 e. The van der Waals surface area contributed by atoms with Crippen LogP contribution in [-0.4, -0.2) is 41.6 Å². The number of carboxylic acids is 1. The molecule has 0 spiro atoms. The van der Waals surface area contributed by atoms with Crippen molar-refractivity contribution in [1.82, 2.24) is 10.6 Å². The number of anilines is 1. The van der Waals surface area contributed by atoms with E-state index in [0.717, 1.165) is 6.42 Å². The van der Waals surface area contributed by atoms with Crippen LogP contribution in [0.4, 0.5) is 10.5 Å². The highest BCUT2D eigenvalue weighted by Gasteiger charge is 2.40. The molecule has 3 amide bonds. The Kier molecular flexibility index (Phi) is 4.36. The number of hydrogen-bond acceptors (Lipinski definition) is 3. The first-order valence-electron chi connectivity index (χ1n) is 7.79. The fraction of sp³-hybridized carbons (Fsp3) is 0.438. The van der Waals surface area contributed by atoms with E-state index >= 15 is 0 Å². The van der Waals surface area contributed by atoms with Gasteiger partial charge in [0.05, 0.1) is 22.5 Å². The minimum atomic E-state index is -0.941. The summed E-state index contributed by atoms with van der Waals surface area (Å²) in [6.07, 6.45) is 2.05. The first-order valence-corrected chi connectivity index (χ1v) is 8.17. The molecule has 1 aliphatic carbocycles. The van der Waals surface area contributed by atoms with E-state index in [9.17, 15) is 14.4 Å². The Morgan fingerprint density at radius 1 is 1.38 bits per heavy atom. The lowest BCUT2D eigenvalue weighted by Gasteiger charge is -2.41. The average Bonchev–Trinajstić information content (AvgIpc) is 2.91. The molecule has 1 saturated carbocycles. The van der Waals surface area contributed by atoms with Crippen LogP contribution in [0.25, 0.3) is 0 Å². The van der Waals surface area contributed by atoms with E-state index < -0.39 is 17.4 Å². The summed E-state index contributed by atoms with van der Waals surface area (Å²) >= 11 is 6.13. The Bertz CT molecular complexity index is 703. The fourth-order valence-electron chi connectivity index (χ4n) is 3.12. The van der Waals surface area contributed by atoms with E-state index in [0.29, 0.717) is 31.6 Å². The molecule has 7 nitrogen and oxygen atoms in total. The van der Waals surface area contributed by atoms with E-state index in [2.05, 4.69) is 10.6 Å². The minimum Gasteiger partial charge on any atom is -0.481 e. The molecule has 3 rings (SSSR count). The second-order valence-corrected chi connectivity index (χ2v) is 6.61. The predicted octanol–water partition coefficient (Wildman–Crippen LogP) is 2.00. The molecule has 0 unspecified atom stereocenters. The number of urea groups is 1. The summed E-state index contributed by atoms with van der Waals surface area (Å²) in [4.78, 5) is 36.9. The Labute approximate surface area is 144 Å². The number of benzene rings is 1. The lowest BCUT2D eigenvalue weighted by atomic mass is 9.74. The van der Waals surface area contributed by atoms with Crippen molar-refractivity contribution in [1.29, 1.82) is 0 Å². The summed E-state index contributed by atoms with van der Waals surface area (Å²) in [6, 6.07) is 4.60. The number of carboxylic acid groups (broad SMARTS) is 1. The van der Waals surface area contributed by atoms with E-state index in [1.807, 2.05) is 0 Å². The average molecular weight is 352 g/mol. The van der Waals surface area contributed by atoms with Crippen molar-refractivity contribution in [3.05, 3.63) is 28.8 Å². The predicted molar refractivity (Wildman–Crippen MR) is 88.5 cm³/mol. The quantitative estimate of drug-likeness (QED) is 0.755. The van der Waals surface area contributed by atoms with Crippen molar-refractivity contribution in [2.45, 2.75) is 31.2 Å². The zero-order valence-corrected chi connectivity index (χ0v) is 13.7. The minimum absolute atomic E-state index is 0.107. The molecule has 2 fully saturated rings. The third kappa shape index (κ3) is 3.17. The monoisotopic (exact) mass is 351 g/mol. The molecule has 0 radical (unpaired) electrons. The number of carbonyl (C=O) groups is 3. The van der Waals surface area contributed by atoms with Gasteiger partial charge in [-0.05, 0) is 37.5 Å². The van der Waals surface area contributed by atoms with Crippen molar-refractivity contribution >= 4 is 35.2 Å². The van der Waals surface area contributed by atoms with Gasteiger partial charge in [0.15, 0.2) is 0 Å². The van der Waals surface area contributed by atoms with Crippen molar-refractivity contribution < 1.29 is 19.5 Å². The number of carbonyl (C=O) groups excluding carboxylic acids is 2. The molecule has 1 aromatic carbocycles. The molecule has 1 heterocycles. The van der Waals surface area contributed by atoms with Gasteiger partial charge in [0.25, 0.3) is 5.91 Å². The van der Waals surface area contributed by atoms with Gasteiger partial charge in [0.1, 0.15) is 0 Å². The lowest BCUT2D eigenvalue weighted by Crippen LogP contribution is -2.54. The van der Waals surface area contributed by atoms with Crippen LogP contribution >= 0.6 is 11.6 Å². The Hall–Kier alpha value is -2.28. The van der Waals surface area contributed by atoms with Crippen molar-refractivity contribution in [3.8, 4) is 0 Å². The highest BCUT2D eigenvalue weighted by molar-refractivity contribution is 6.34. The van der Waals surface area contributed by atoms with Gasteiger partial charge in [0, 0.05) is 18.8 Å². The number of aliphatic carboxylic acids is 1. The molecule has 0 aromatic heterocycles. The van der Waals surface area contributed by atoms with Crippen LogP contribution in [0.5, 0.6) is 0 Å². The number of halogens is 1. The zero-order valence-electron chi connectivity index (χ0n) is 13.0. The molecule has 1 aliphatic heterocycles. The largest absolute Gasteiger partial charge is 0.481 e. The molecule has 24 heavy (non-hydrogen) atoms. The molecule has 2 aliphatic rings. The highest BCUT2D eigenvalue weighted by atomic mass is 35.5. The summed E-state index contributed by atoms with van der Waals surface area (Å²) in [5.41, 5.74) is 0.124. The van der Waals surface area contributed by atoms with Crippen LogP contribution in [0.1, 0.15) is 36.0 Å². The highest BCUT2D eigenvalue weighted by Crippen LogP contribution is 2.36. The van der Waals surface area contributed by atoms with Crippen molar-refractivity contribution in [3.63, 3.8) is 0 Å². The molecule has 128 valence electrons. The van der Waals surface area contributed by atoms with Gasteiger partial charge in [-0.3, -0.25) is 14.5 Å². The molecule has 0 bridgehead atoms. The number of nitrogens with zero attached hydrogens (tertiary/aromatic N) is 1. The lowest BCUT2D eigenvalue weighted by molar-refractivity contribution is -0.139. The topological polar surface area (TPSA) is 98.7 Å². The van der Waals surface area contributed by atoms with Gasteiger partial charge < -0.3 is 15.7 Å². The number of amides is 3. The molecule has 3 N–H and O–H groups in total. The first kappa shape index (κ1) is 16.6. The second kappa shape index (κ2) is 6.32. The second-order valence-electron chi connectivity index (χ2n) is 6.21. The Balaban J connectivity index is 1.81. The molecule has 1 saturated heterocycles. The van der Waals surface area contributed by atoms with E-state index in [1.165, 1.54) is 4.90 Å². The number of nitrogens with one attached hydrogen (secondary N) is 2. The maximum Gasteiger partial charge on any atom is 0.321 e. The van der Waals surface area contributed by atoms with Gasteiger partial charge in [-0.25, -0.2) is 4.79 Å². The van der Waals surface area contributed by atoms with E-state index in [1.54, 1.807) is 18.2 Å². The summed E-state index contributed by atoms with van der Waals surface area (Å²) in [7, 11) is 0. The van der Waals surface area contributed by atoms with Crippen LogP contribution in [0.2, 0.25) is 5.02 Å². The molecule has 8 heteroatoms. The first-order chi connectivity index (χ1) is 11.4. The van der Waals surface area contributed by atoms with E-state index in [-0.39, 0.29) is 23.0 Å². The van der Waals surface area contributed by atoms with Gasteiger partial charge >= 0.3 is 12.0 Å². The van der Waals surface area contributed by atoms with Crippen LogP contribution in [-0.2, 0) is 4.79 Å². The summed E-state index contributed by atoms with van der Waals surface area (Å²) in [5, 5.41) is 14.8. The molecular weight excluding hydrogens is 334 g/mol. The number of rotatable bonds is 5. The van der Waals surface area contributed by atoms with Crippen molar-refractivity contribution in [2.75, 3.05) is 18.0 Å². The summed E-state index contributed by atoms with van der Waals surface area (Å²) in [5.74, 6) is -1.36. The molecule has 1 aromatic rings. The van der Waals surface area contributed by atoms with Gasteiger partial charge in [-0.2, -0.15) is 0 Å². The molecular formula is C16H18ClN3O4. The van der Waals surface area contributed by atoms with Crippen LogP contribution < -0.4 is 15.5 Å². The van der Waals surface area contributed by atoms with Gasteiger partial charge in [0.2, 0.25) is 0 Å².